The number of hydrogen-bond acceptors (Lipinski definition) is 3. The Labute approximate surface area is 114 Å². The highest BCUT2D eigenvalue weighted by Crippen LogP contribution is 2.27. The first-order valence-electron chi connectivity index (χ1n) is 6.93. The van der Waals surface area contributed by atoms with Crippen LogP contribution in [0.3, 0.4) is 0 Å². The molecule has 0 saturated carbocycles. The van der Waals surface area contributed by atoms with E-state index in [0.29, 0.717) is 6.61 Å². The van der Waals surface area contributed by atoms with Crippen LogP contribution in [0.25, 0.3) is 0 Å². The van der Waals surface area contributed by atoms with Gasteiger partial charge in [-0.25, -0.2) is 4.79 Å². The Bertz CT molecular complexity index is 465. The summed E-state index contributed by atoms with van der Waals surface area (Å²) in [6.45, 7) is 4.39. The summed E-state index contributed by atoms with van der Waals surface area (Å²) >= 11 is 0. The van der Waals surface area contributed by atoms with Crippen LogP contribution in [0.15, 0.2) is 41.6 Å². The molecule has 2 rings (SSSR count). The molecule has 0 spiro atoms. The van der Waals surface area contributed by atoms with E-state index in [2.05, 4.69) is 24.4 Å². The van der Waals surface area contributed by atoms with E-state index in [9.17, 15) is 4.79 Å². The molecule has 0 heterocycles. The minimum atomic E-state index is -0.164. The third kappa shape index (κ3) is 3.37. The molecule has 1 aliphatic carbocycles. The van der Waals surface area contributed by atoms with Crippen molar-refractivity contribution in [3.63, 3.8) is 0 Å². The van der Waals surface area contributed by atoms with Gasteiger partial charge in [-0.2, -0.15) is 0 Å². The highest BCUT2D eigenvalue weighted by atomic mass is 16.5. The van der Waals surface area contributed by atoms with Gasteiger partial charge in [0.15, 0.2) is 0 Å². The Hall–Kier alpha value is -1.77. The summed E-state index contributed by atoms with van der Waals surface area (Å²) < 4.78 is 5.11. The van der Waals surface area contributed by atoms with Crippen molar-refractivity contribution in [2.24, 2.45) is 0 Å². The minimum absolute atomic E-state index is 0.164. The number of esters is 1. The van der Waals surface area contributed by atoms with Crippen molar-refractivity contribution in [1.29, 1.82) is 0 Å². The summed E-state index contributed by atoms with van der Waals surface area (Å²) in [5, 5.41) is 3.46. The third-order valence-electron chi connectivity index (χ3n) is 3.43. The van der Waals surface area contributed by atoms with Gasteiger partial charge in [0.25, 0.3) is 0 Å². The number of carbonyl (C=O) groups is 1. The van der Waals surface area contributed by atoms with Crippen molar-refractivity contribution in [2.75, 3.05) is 6.61 Å². The fourth-order valence-electron chi connectivity index (χ4n) is 2.43. The van der Waals surface area contributed by atoms with E-state index in [-0.39, 0.29) is 12.0 Å². The first-order chi connectivity index (χ1) is 9.22. The van der Waals surface area contributed by atoms with Crippen LogP contribution < -0.4 is 5.32 Å². The highest BCUT2D eigenvalue weighted by molar-refractivity contribution is 5.89. The van der Waals surface area contributed by atoms with E-state index in [1.807, 2.05) is 25.1 Å². The third-order valence-corrected chi connectivity index (χ3v) is 3.43. The Morgan fingerprint density at radius 1 is 1.32 bits per heavy atom. The van der Waals surface area contributed by atoms with E-state index in [1.165, 1.54) is 5.56 Å². The van der Waals surface area contributed by atoms with Gasteiger partial charge >= 0.3 is 5.97 Å². The lowest BCUT2D eigenvalue weighted by Gasteiger charge is -2.17. The number of ether oxygens (including phenoxy) is 1. The number of carbonyl (C=O) groups excluding carboxylic acids is 1. The van der Waals surface area contributed by atoms with Gasteiger partial charge in [0.05, 0.1) is 12.2 Å². The summed E-state index contributed by atoms with van der Waals surface area (Å²) in [5.41, 5.74) is 3.10. The Morgan fingerprint density at radius 2 is 2.05 bits per heavy atom. The average Bonchev–Trinajstić information content (AvgIpc) is 2.88. The summed E-state index contributed by atoms with van der Waals surface area (Å²) in [6.07, 6.45) is 2.78. The predicted molar refractivity (Wildman–Crippen MR) is 75.5 cm³/mol. The van der Waals surface area contributed by atoms with Crippen LogP contribution in [0.2, 0.25) is 0 Å². The van der Waals surface area contributed by atoms with Crippen molar-refractivity contribution < 1.29 is 9.53 Å². The van der Waals surface area contributed by atoms with Crippen LogP contribution in [-0.4, -0.2) is 12.6 Å². The van der Waals surface area contributed by atoms with E-state index >= 15 is 0 Å². The maximum Gasteiger partial charge on any atom is 0.335 e. The number of benzene rings is 1. The van der Waals surface area contributed by atoms with Gasteiger partial charge in [-0.3, -0.25) is 0 Å². The Kier molecular flexibility index (Phi) is 4.61. The zero-order valence-corrected chi connectivity index (χ0v) is 11.6. The summed E-state index contributed by atoms with van der Waals surface area (Å²) in [5.74, 6) is -0.164. The second-order valence-electron chi connectivity index (χ2n) is 4.81. The molecule has 1 N–H and O–H groups in total. The molecule has 3 heteroatoms. The van der Waals surface area contributed by atoms with Gasteiger partial charge in [-0.05, 0) is 38.7 Å². The second-order valence-corrected chi connectivity index (χ2v) is 4.81. The Balaban J connectivity index is 2.08. The van der Waals surface area contributed by atoms with Crippen molar-refractivity contribution in [3.8, 4) is 0 Å². The molecule has 19 heavy (non-hydrogen) atoms. The monoisotopic (exact) mass is 259 g/mol. The molecule has 0 unspecified atom stereocenters. The van der Waals surface area contributed by atoms with Gasteiger partial charge in [-0.1, -0.05) is 30.3 Å². The topological polar surface area (TPSA) is 38.3 Å². The van der Waals surface area contributed by atoms with Crippen LogP contribution >= 0.6 is 0 Å². The van der Waals surface area contributed by atoms with E-state index in [0.717, 1.165) is 30.5 Å². The molecule has 3 nitrogen and oxygen atoms in total. The maximum absolute atomic E-state index is 11.9. The summed E-state index contributed by atoms with van der Waals surface area (Å²) in [7, 11) is 0. The molecule has 0 amide bonds. The molecule has 1 aromatic rings. The molecule has 102 valence electrons. The molecule has 0 saturated heterocycles. The van der Waals surface area contributed by atoms with Crippen LogP contribution in [0, 0.1) is 0 Å². The van der Waals surface area contributed by atoms with Gasteiger partial charge in [-0.15, -0.1) is 0 Å². The molecule has 0 aliphatic heterocycles. The lowest BCUT2D eigenvalue weighted by Crippen LogP contribution is -2.20. The highest BCUT2D eigenvalue weighted by Gasteiger charge is 2.23. The lowest BCUT2D eigenvalue weighted by atomic mass is 10.1. The smallest absolute Gasteiger partial charge is 0.335 e. The fraction of sp³-hybridized carbons (Fsp3) is 0.438. The zero-order chi connectivity index (χ0) is 13.7. The molecule has 1 aromatic carbocycles. The van der Waals surface area contributed by atoms with E-state index in [4.69, 9.17) is 4.74 Å². The summed E-state index contributed by atoms with van der Waals surface area (Å²) in [6, 6.07) is 10.5. The van der Waals surface area contributed by atoms with Crippen LogP contribution in [0.4, 0.5) is 0 Å². The number of allylic oxidation sites excluding steroid dienone is 1. The SMILES string of the molecule is CCOC(=O)C1=C(N[C@H](C)c2ccccc2)CCC1. The van der Waals surface area contributed by atoms with Gasteiger partial charge < -0.3 is 10.1 Å². The van der Waals surface area contributed by atoms with Crippen LogP contribution in [0.1, 0.15) is 44.7 Å². The molecular formula is C16H21NO2. The molecule has 0 bridgehead atoms. The van der Waals surface area contributed by atoms with Gasteiger partial charge in [0.2, 0.25) is 0 Å². The van der Waals surface area contributed by atoms with Crippen molar-refractivity contribution in [1.82, 2.24) is 5.32 Å². The Morgan fingerprint density at radius 3 is 2.74 bits per heavy atom. The molecule has 1 atom stereocenters. The first-order valence-corrected chi connectivity index (χ1v) is 6.93. The van der Waals surface area contributed by atoms with Crippen molar-refractivity contribution in [3.05, 3.63) is 47.2 Å². The van der Waals surface area contributed by atoms with E-state index in [1.54, 1.807) is 0 Å². The van der Waals surface area contributed by atoms with Crippen molar-refractivity contribution in [2.45, 2.75) is 39.2 Å². The van der Waals surface area contributed by atoms with Crippen LogP contribution in [0.5, 0.6) is 0 Å². The summed E-state index contributed by atoms with van der Waals surface area (Å²) in [4.78, 5) is 11.9. The van der Waals surface area contributed by atoms with Crippen molar-refractivity contribution >= 4 is 5.97 Å². The maximum atomic E-state index is 11.9. The molecule has 1 aliphatic rings. The number of rotatable bonds is 5. The zero-order valence-electron chi connectivity index (χ0n) is 11.6. The number of hydrogen-bond donors (Lipinski definition) is 1. The largest absolute Gasteiger partial charge is 0.463 e. The quantitative estimate of drug-likeness (QED) is 0.824. The standard InChI is InChI=1S/C16H21NO2/c1-3-19-16(18)14-10-7-11-15(14)17-12(2)13-8-5-4-6-9-13/h4-6,8-9,12,17H,3,7,10-11H2,1-2H3/t12-/m1/s1. The molecule has 0 fully saturated rings. The van der Waals surface area contributed by atoms with E-state index < -0.39 is 0 Å². The fourth-order valence-corrected chi connectivity index (χ4v) is 2.43. The average molecular weight is 259 g/mol. The molecule has 0 radical (unpaired) electrons. The normalized spacial score (nSPS) is 16.3. The second kappa shape index (κ2) is 6.41. The minimum Gasteiger partial charge on any atom is -0.463 e. The van der Waals surface area contributed by atoms with Gasteiger partial charge in [0, 0.05) is 11.7 Å². The first kappa shape index (κ1) is 13.7. The van der Waals surface area contributed by atoms with Gasteiger partial charge in [0.1, 0.15) is 0 Å². The van der Waals surface area contributed by atoms with Crippen LogP contribution in [-0.2, 0) is 9.53 Å². The molecular weight excluding hydrogens is 238 g/mol. The number of nitrogens with one attached hydrogen (secondary N) is 1. The predicted octanol–water partition coefficient (Wildman–Crippen LogP) is 3.34. The lowest BCUT2D eigenvalue weighted by molar-refractivity contribution is -0.138. The molecule has 0 aromatic heterocycles.